The summed E-state index contributed by atoms with van der Waals surface area (Å²) in [6.45, 7) is 0. The molecular formula is C16H26F3NO5. The van der Waals surface area contributed by atoms with E-state index in [0.717, 1.165) is 12.8 Å². The van der Waals surface area contributed by atoms with Crippen LogP contribution in [0.4, 0.5) is 13.2 Å². The molecule has 0 heterocycles. The SMILES string of the molecule is NC(C(=O)O)C(O)C(O)C/C=C/CCCCCCC(=O)CC(F)(F)F. The lowest BCUT2D eigenvalue weighted by atomic mass is 10.0. The summed E-state index contributed by atoms with van der Waals surface area (Å²) in [5, 5.41) is 27.7. The number of aliphatic carboxylic acids is 1. The summed E-state index contributed by atoms with van der Waals surface area (Å²) >= 11 is 0. The highest BCUT2D eigenvalue weighted by molar-refractivity contribution is 5.78. The van der Waals surface area contributed by atoms with Crippen LogP contribution in [0.15, 0.2) is 12.2 Å². The highest BCUT2D eigenvalue weighted by Crippen LogP contribution is 2.21. The number of hydrogen-bond donors (Lipinski definition) is 4. The average molecular weight is 369 g/mol. The molecule has 5 N–H and O–H groups in total. The minimum Gasteiger partial charge on any atom is -0.480 e. The molecule has 0 radical (unpaired) electrons. The van der Waals surface area contributed by atoms with E-state index >= 15 is 0 Å². The third-order valence-electron chi connectivity index (χ3n) is 3.57. The number of carbonyl (C=O) groups excluding carboxylic acids is 1. The number of allylic oxidation sites excluding steroid dienone is 1. The Morgan fingerprint density at radius 2 is 1.64 bits per heavy atom. The molecule has 3 atom stereocenters. The summed E-state index contributed by atoms with van der Waals surface area (Å²) in [5.74, 6) is -2.19. The Morgan fingerprint density at radius 1 is 1.04 bits per heavy atom. The number of unbranched alkanes of at least 4 members (excludes halogenated alkanes) is 4. The molecule has 3 unspecified atom stereocenters. The molecule has 0 rings (SSSR count). The monoisotopic (exact) mass is 369 g/mol. The number of carboxylic acids is 1. The van der Waals surface area contributed by atoms with Crippen molar-refractivity contribution < 1.29 is 38.1 Å². The summed E-state index contributed by atoms with van der Waals surface area (Å²) < 4.78 is 35.8. The van der Waals surface area contributed by atoms with Crippen LogP contribution in [0.25, 0.3) is 0 Å². The Hall–Kier alpha value is -1.45. The molecule has 0 aromatic rings. The van der Waals surface area contributed by atoms with Crippen molar-refractivity contribution in [1.29, 1.82) is 0 Å². The predicted molar refractivity (Wildman–Crippen MR) is 84.8 cm³/mol. The molecule has 0 saturated carbocycles. The van der Waals surface area contributed by atoms with E-state index in [1.807, 2.05) is 0 Å². The maximum atomic E-state index is 11.9. The van der Waals surface area contributed by atoms with Crippen LogP contribution in [0.2, 0.25) is 0 Å². The van der Waals surface area contributed by atoms with Gasteiger partial charge in [-0.3, -0.25) is 9.59 Å². The van der Waals surface area contributed by atoms with Gasteiger partial charge in [-0.1, -0.05) is 25.0 Å². The van der Waals surface area contributed by atoms with Gasteiger partial charge in [-0.25, -0.2) is 0 Å². The van der Waals surface area contributed by atoms with Gasteiger partial charge < -0.3 is 21.1 Å². The Morgan fingerprint density at radius 3 is 2.20 bits per heavy atom. The molecule has 146 valence electrons. The maximum absolute atomic E-state index is 11.9. The zero-order valence-corrected chi connectivity index (χ0v) is 13.9. The van der Waals surface area contributed by atoms with Gasteiger partial charge in [0.2, 0.25) is 0 Å². The molecule has 0 amide bonds. The standard InChI is InChI=1S/C16H26F3NO5/c17-16(18,19)10-11(21)8-6-4-2-1-3-5-7-9-12(22)14(23)13(20)15(24)25/h5,7,12-14,22-23H,1-4,6,8-10,20H2,(H,24,25)/b7-5+. The van der Waals surface area contributed by atoms with Crippen molar-refractivity contribution in [2.24, 2.45) is 5.73 Å². The molecular weight excluding hydrogens is 343 g/mol. The molecule has 0 aromatic carbocycles. The first kappa shape index (κ1) is 23.5. The molecule has 0 aliphatic carbocycles. The number of halogens is 3. The maximum Gasteiger partial charge on any atom is 0.395 e. The summed E-state index contributed by atoms with van der Waals surface area (Å²) in [4.78, 5) is 21.6. The van der Waals surface area contributed by atoms with Crippen molar-refractivity contribution in [1.82, 2.24) is 0 Å². The molecule has 6 nitrogen and oxygen atoms in total. The van der Waals surface area contributed by atoms with Crippen molar-refractivity contribution in [2.45, 2.75) is 75.8 Å². The number of aliphatic hydroxyl groups is 2. The average Bonchev–Trinajstić information content (AvgIpc) is 2.49. The molecule has 9 heteroatoms. The zero-order chi connectivity index (χ0) is 19.5. The third-order valence-corrected chi connectivity index (χ3v) is 3.57. The zero-order valence-electron chi connectivity index (χ0n) is 13.9. The number of hydrogen-bond acceptors (Lipinski definition) is 5. The smallest absolute Gasteiger partial charge is 0.395 e. The highest BCUT2D eigenvalue weighted by atomic mass is 19.4. The number of aliphatic hydroxyl groups excluding tert-OH is 2. The largest absolute Gasteiger partial charge is 0.480 e. The fourth-order valence-electron chi connectivity index (χ4n) is 2.13. The molecule has 0 aliphatic rings. The second kappa shape index (κ2) is 12.0. The van der Waals surface area contributed by atoms with Gasteiger partial charge in [0.25, 0.3) is 0 Å². The van der Waals surface area contributed by atoms with E-state index in [2.05, 4.69) is 0 Å². The highest BCUT2D eigenvalue weighted by Gasteiger charge is 2.30. The minimum absolute atomic E-state index is 0.0636. The van der Waals surface area contributed by atoms with Crippen molar-refractivity contribution >= 4 is 11.8 Å². The van der Waals surface area contributed by atoms with E-state index < -0.39 is 42.6 Å². The second-order valence-electron chi connectivity index (χ2n) is 5.91. The molecule has 25 heavy (non-hydrogen) atoms. The van der Waals surface area contributed by atoms with Crippen molar-refractivity contribution in [3.05, 3.63) is 12.2 Å². The first-order chi connectivity index (χ1) is 11.5. The van der Waals surface area contributed by atoms with Gasteiger partial charge in [0.15, 0.2) is 0 Å². The van der Waals surface area contributed by atoms with Crippen molar-refractivity contribution in [3.8, 4) is 0 Å². The summed E-state index contributed by atoms with van der Waals surface area (Å²) in [5.41, 5.74) is 5.19. The topological polar surface area (TPSA) is 121 Å². The Labute approximate surface area is 144 Å². The lowest BCUT2D eigenvalue weighted by Gasteiger charge is -2.19. The van der Waals surface area contributed by atoms with Gasteiger partial charge in [0.05, 0.1) is 6.10 Å². The molecule has 0 spiro atoms. The first-order valence-electron chi connectivity index (χ1n) is 8.12. The van der Waals surface area contributed by atoms with Gasteiger partial charge in [0.1, 0.15) is 24.3 Å². The van der Waals surface area contributed by atoms with E-state index in [9.17, 15) is 33.0 Å². The Kier molecular flexibility index (Phi) is 11.3. The van der Waals surface area contributed by atoms with Gasteiger partial charge in [0, 0.05) is 6.42 Å². The second-order valence-corrected chi connectivity index (χ2v) is 5.91. The van der Waals surface area contributed by atoms with Crippen LogP contribution in [0, 0.1) is 0 Å². The quantitative estimate of drug-likeness (QED) is 0.291. The summed E-state index contributed by atoms with van der Waals surface area (Å²) in [6.07, 6.45) is -1.98. The first-order valence-corrected chi connectivity index (χ1v) is 8.12. The summed E-state index contributed by atoms with van der Waals surface area (Å²) in [6, 6.07) is -1.55. The van der Waals surface area contributed by atoms with E-state index in [1.165, 1.54) is 0 Å². The van der Waals surface area contributed by atoms with Crippen LogP contribution in [0.1, 0.15) is 51.4 Å². The molecule has 0 saturated heterocycles. The van der Waals surface area contributed by atoms with Crippen LogP contribution in [-0.2, 0) is 9.59 Å². The molecule has 0 aliphatic heterocycles. The van der Waals surface area contributed by atoms with Crippen molar-refractivity contribution in [2.75, 3.05) is 0 Å². The number of alkyl halides is 3. The van der Waals surface area contributed by atoms with Crippen LogP contribution in [0.5, 0.6) is 0 Å². The molecule has 0 fully saturated rings. The summed E-state index contributed by atoms with van der Waals surface area (Å²) in [7, 11) is 0. The number of Topliss-reactive ketones (excluding diaryl/α,β-unsaturated/α-hetero) is 1. The number of nitrogens with two attached hydrogens (primary N) is 1. The Balaban J connectivity index is 3.70. The number of rotatable bonds is 13. The van der Waals surface area contributed by atoms with Crippen LogP contribution in [-0.4, -0.2) is 51.5 Å². The van der Waals surface area contributed by atoms with E-state index in [-0.39, 0.29) is 12.8 Å². The van der Waals surface area contributed by atoms with E-state index in [1.54, 1.807) is 12.2 Å². The number of carboxylic acid groups (broad SMARTS) is 1. The van der Waals surface area contributed by atoms with Gasteiger partial charge in [-0.05, 0) is 25.7 Å². The lowest BCUT2D eigenvalue weighted by molar-refractivity contribution is -0.152. The normalized spacial score (nSPS) is 15.9. The fourth-order valence-corrected chi connectivity index (χ4v) is 2.13. The predicted octanol–water partition coefficient (Wildman–Crippen LogP) is 1.93. The van der Waals surface area contributed by atoms with E-state index in [0.29, 0.717) is 19.3 Å². The van der Waals surface area contributed by atoms with Gasteiger partial charge in [-0.15, -0.1) is 0 Å². The fraction of sp³-hybridized carbons (Fsp3) is 0.750. The molecule has 0 aromatic heterocycles. The van der Waals surface area contributed by atoms with Gasteiger partial charge >= 0.3 is 12.1 Å². The van der Waals surface area contributed by atoms with Gasteiger partial charge in [-0.2, -0.15) is 13.2 Å². The minimum atomic E-state index is -4.44. The Bertz CT molecular complexity index is 440. The van der Waals surface area contributed by atoms with Crippen LogP contribution < -0.4 is 5.73 Å². The van der Waals surface area contributed by atoms with Crippen LogP contribution >= 0.6 is 0 Å². The lowest BCUT2D eigenvalue weighted by Crippen LogP contribution is -2.47. The number of carbonyl (C=O) groups is 2. The molecule has 0 bridgehead atoms. The number of ketones is 1. The van der Waals surface area contributed by atoms with Crippen LogP contribution in [0.3, 0.4) is 0 Å². The van der Waals surface area contributed by atoms with Crippen molar-refractivity contribution in [3.63, 3.8) is 0 Å². The van der Waals surface area contributed by atoms with E-state index in [4.69, 9.17) is 10.8 Å². The third kappa shape index (κ3) is 12.5.